The molecule has 2 rings (SSSR count). The molecule has 21 heavy (non-hydrogen) atoms. The molecule has 0 radical (unpaired) electrons. The zero-order chi connectivity index (χ0) is 15.5. The number of hydrogen-bond acceptors (Lipinski definition) is 5. The van der Waals surface area contributed by atoms with Crippen LogP contribution in [0.5, 0.6) is 5.75 Å². The van der Waals surface area contributed by atoms with E-state index in [1.165, 1.54) is 30.5 Å². The van der Waals surface area contributed by atoms with E-state index in [1.54, 1.807) is 0 Å². The Morgan fingerprint density at radius 1 is 1.29 bits per heavy atom. The highest BCUT2D eigenvalue weighted by Gasteiger charge is 2.32. The number of aromatic nitrogens is 1. The number of anilines is 3. The topological polar surface area (TPSA) is 84.0 Å². The maximum absolute atomic E-state index is 12.3. The van der Waals surface area contributed by atoms with Crippen LogP contribution < -0.4 is 15.8 Å². The van der Waals surface area contributed by atoms with E-state index in [2.05, 4.69) is 15.0 Å². The number of alkyl halides is 3. The molecule has 1 aromatic heterocycles. The smallest absolute Gasteiger partial charge is 0.404 e. The number of benzene rings is 1. The van der Waals surface area contributed by atoms with Gasteiger partial charge in [-0.25, -0.2) is 4.98 Å². The summed E-state index contributed by atoms with van der Waals surface area (Å²) in [6, 6.07) is 8.67. The van der Waals surface area contributed by atoms with Crippen molar-refractivity contribution in [3.05, 3.63) is 42.1 Å². The maximum Gasteiger partial charge on any atom is 0.573 e. The number of nitrogens with zero attached hydrogens (tertiary/aromatic N) is 2. The Hall–Kier alpha value is -2.95. The lowest BCUT2D eigenvalue weighted by molar-refractivity contribution is -0.274. The molecule has 2 aromatic rings. The first-order valence-corrected chi connectivity index (χ1v) is 5.66. The van der Waals surface area contributed by atoms with E-state index >= 15 is 0 Å². The van der Waals surface area contributed by atoms with Crippen molar-refractivity contribution in [1.82, 2.24) is 4.98 Å². The maximum atomic E-state index is 12.3. The Kier molecular flexibility index (Phi) is 3.84. The van der Waals surface area contributed by atoms with Crippen molar-refractivity contribution in [3.8, 4) is 11.8 Å². The molecule has 0 bridgehead atoms. The SMILES string of the molecule is N#Cc1cc(N)cnc1Nc1ccccc1OC(F)(F)F. The molecule has 1 aromatic carbocycles. The predicted molar refractivity (Wildman–Crippen MR) is 69.8 cm³/mol. The number of para-hydroxylation sites is 2. The Morgan fingerprint density at radius 3 is 2.67 bits per heavy atom. The van der Waals surface area contributed by atoms with Crippen LogP contribution in [0, 0.1) is 11.3 Å². The Morgan fingerprint density at radius 2 is 2.00 bits per heavy atom. The van der Waals surface area contributed by atoms with Gasteiger partial charge >= 0.3 is 6.36 Å². The van der Waals surface area contributed by atoms with Crippen LogP contribution in [0.3, 0.4) is 0 Å². The molecule has 0 spiro atoms. The normalized spacial score (nSPS) is 10.8. The van der Waals surface area contributed by atoms with E-state index in [-0.39, 0.29) is 22.8 Å². The van der Waals surface area contributed by atoms with E-state index in [0.717, 1.165) is 6.07 Å². The van der Waals surface area contributed by atoms with Crippen LogP contribution in [0.2, 0.25) is 0 Å². The lowest BCUT2D eigenvalue weighted by atomic mass is 10.2. The zero-order valence-electron chi connectivity index (χ0n) is 10.5. The van der Waals surface area contributed by atoms with Crippen molar-refractivity contribution in [2.45, 2.75) is 6.36 Å². The standard InChI is InChI=1S/C13H9F3N4O/c14-13(15,16)21-11-4-2-1-3-10(11)20-12-8(6-17)5-9(18)7-19-12/h1-5,7H,18H2,(H,19,20). The monoisotopic (exact) mass is 294 g/mol. The molecule has 0 amide bonds. The first-order chi connectivity index (χ1) is 9.89. The molecule has 0 saturated carbocycles. The number of nitrogens with two attached hydrogens (primary N) is 1. The van der Waals surface area contributed by atoms with Gasteiger partial charge in [0.25, 0.3) is 0 Å². The van der Waals surface area contributed by atoms with E-state index in [9.17, 15) is 13.2 Å². The third kappa shape index (κ3) is 3.76. The molecule has 0 fully saturated rings. The minimum Gasteiger partial charge on any atom is -0.404 e. The molecule has 3 N–H and O–H groups in total. The summed E-state index contributed by atoms with van der Waals surface area (Å²) in [5.74, 6) is -0.336. The molecule has 108 valence electrons. The lowest BCUT2D eigenvalue weighted by Gasteiger charge is -2.14. The van der Waals surface area contributed by atoms with Crippen molar-refractivity contribution in [1.29, 1.82) is 5.26 Å². The van der Waals surface area contributed by atoms with Gasteiger partial charge in [0.15, 0.2) is 5.75 Å². The van der Waals surface area contributed by atoms with Gasteiger partial charge < -0.3 is 15.8 Å². The molecule has 0 atom stereocenters. The molecule has 0 saturated heterocycles. The average Bonchev–Trinajstić information content (AvgIpc) is 2.41. The van der Waals surface area contributed by atoms with Crippen LogP contribution in [-0.2, 0) is 0 Å². The van der Waals surface area contributed by atoms with Crippen molar-refractivity contribution in [3.63, 3.8) is 0 Å². The second kappa shape index (κ2) is 5.58. The first kappa shape index (κ1) is 14.5. The van der Waals surface area contributed by atoms with Gasteiger partial charge in [-0.1, -0.05) is 12.1 Å². The van der Waals surface area contributed by atoms with E-state index in [0.29, 0.717) is 0 Å². The second-order valence-corrected chi connectivity index (χ2v) is 3.95. The van der Waals surface area contributed by atoms with Crippen LogP contribution in [0.1, 0.15) is 5.56 Å². The van der Waals surface area contributed by atoms with E-state index in [1.807, 2.05) is 6.07 Å². The first-order valence-electron chi connectivity index (χ1n) is 5.66. The van der Waals surface area contributed by atoms with E-state index < -0.39 is 12.1 Å². The molecule has 0 aliphatic carbocycles. The quantitative estimate of drug-likeness (QED) is 0.908. The summed E-state index contributed by atoms with van der Waals surface area (Å²) in [4.78, 5) is 3.89. The van der Waals surface area contributed by atoms with Crippen LogP contribution in [-0.4, -0.2) is 11.3 Å². The van der Waals surface area contributed by atoms with E-state index in [4.69, 9.17) is 11.0 Å². The summed E-state index contributed by atoms with van der Waals surface area (Å²) in [6.45, 7) is 0. The Labute approximate surface area is 117 Å². The van der Waals surface area contributed by atoms with Gasteiger partial charge in [-0.05, 0) is 18.2 Å². The minimum absolute atomic E-state index is 0.0311. The van der Waals surface area contributed by atoms with Crippen LogP contribution >= 0.6 is 0 Å². The van der Waals surface area contributed by atoms with Gasteiger partial charge in [0.1, 0.15) is 11.9 Å². The van der Waals surface area contributed by atoms with Crippen molar-refractivity contribution in [2.75, 3.05) is 11.1 Å². The molecule has 5 nitrogen and oxygen atoms in total. The summed E-state index contributed by atoms with van der Waals surface area (Å²) < 4.78 is 40.9. The third-order valence-corrected chi connectivity index (χ3v) is 2.40. The summed E-state index contributed by atoms with van der Waals surface area (Å²) in [7, 11) is 0. The number of halogens is 3. The summed E-state index contributed by atoms with van der Waals surface area (Å²) in [5.41, 5.74) is 5.91. The third-order valence-electron chi connectivity index (χ3n) is 2.40. The second-order valence-electron chi connectivity index (χ2n) is 3.95. The van der Waals surface area contributed by atoms with Gasteiger partial charge in [0, 0.05) is 0 Å². The number of ether oxygens (including phenoxy) is 1. The molecular formula is C13H9F3N4O. The number of rotatable bonds is 3. The Bertz CT molecular complexity index is 695. The van der Waals surface area contributed by atoms with Gasteiger partial charge in [0.05, 0.1) is 23.1 Å². The van der Waals surface area contributed by atoms with Crippen molar-refractivity contribution >= 4 is 17.2 Å². The van der Waals surface area contributed by atoms with Gasteiger partial charge in [-0.3, -0.25) is 0 Å². The van der Waals surface area contributed by atoms with Crippen LogP contribution in [0.25, 0.3) is 0 Å². The summed E-state index contributed by atoms with van der Waals surface area (Å²) in [5, 5.41) is 11.6. The molecular weight excluding hydrogens is 285 g/mol. The highest BCUT2D eigenvalue weighted by Crippen LogP contribution is 2.32. The van der Waals surface area contributed by atoms with Crippen molar-refractivity contribution in [2.24, 2.45) is 0 Å². The zero-order valence-corrected chi connectivity index (χ0v) is 10.5. The van der Waals surface area contributed by atoms with Crippen LogP contribution in [0.4, 0.5) is 30.4 Å². The van der Waals surface area contributed by atoms with Gasteiger partial charge in [0.2, 0.25) is 0 Å². The highest BCUT2D eigenvalue weighted by atomic mass is 19.4. The highest BCUT2D eigenvalue weighted by molar-refractivity contribution is 5.69. The fourth-order valence-corrected chi connectivity index (χ4v) is 1.58. The number of nitriles is 1. The molecule has 1 heterocycles. The lowest BCUT2D eigenvalue weighted by Crippen LogP contribution is -2.18. The van der Waals surface area contributed by atoms with Gasteiger partial charge in [-0.15, -0.1) is 13.2 Å². The average molecular weight is 294 g/mol. The summed E-state index contributed by atoms with van der Waals surface area (Å²) >= 11 is 0. The van der Waals surface area contributed by atoms with Crippen molar-refractivity contribution < 1.29 is 17.9 Å². The van der Waals surface area contributed by atoms with Crippen LogP contribution in [0.15, 0.2) is 36.5 Å². The Balaban J connectivity index is 2.35. The van der Waals surface area contributed by atoms with Gasteiger partial charge in [-0.2, -0.15) is 5.26 Å². The molecule has 8 heteroatoms. The fourth-order valence-electron chi connectivity index (χ4n) is 1.58. The molecule has 0 unspecified atom stereocenters. The molecule has 0 aliphatic rings. The minimum atomic E-state index is -4.82. The fraction of sp³-hybridized carbons (Fsp3) is 0.0769. The number of nitrogens with one attached hydrogen (secondary N) is 1. The number of pyridine rings is 1. The predicted octanol–water partition coefficient (Wildman–Crippen LogP) is 3.18. The summed E-state index contributed by atoms with van der Waals surface area (Å²) in [6.07, 6.45) is -3.53. The number of nitrogen functional groups attached to an aromatic ring is 1. The largest absolute Gasteiger partial charge is 0.573 e. The number of hydrogen-bond donors (Lipinski definition) is 2. The molecule has 0 aliphatic heterocycles.